The van der Waals surface area contributed by atoms with Crippen molar-refractivity contribution in [3.05, 3.63) is 120 Å². The van der Waals surface area contributed by atoms with Gasteiger partial charge in [-0.15, -0.1) is 11.3 Å². The molecule has 0 radical (unpaired) electrons. The minimum atomic E-state index is 0.0440. The van der Waals surface area contributed by atoms with Crippen molar-refractivity contribution in [2.75, 3.05) is 0 Å². The van der Waals surface area contributed by atoms with Crippen LogP contribution in [0.25, 0.3) is 60.0 Å². The van der Waals surface area contributed by atoms with Gasteiger partial charge in [0.2, 0.25) is 5.69 Å². The lowest BCUT2D eigenvalue weighted by atomic mass is 9.58. The highest BCUT2D eigenvalue weighted by Crippen LogP contribution is 2.52. The van der Waals surface area contributed by atoms with Crippen molar-refractivity contribution in [3.63, 3.8) is 0 Å². The molecule has 1 aliphatic heterocycles. The number of rotatable bonds is 5. The van der Waals surface area contributed by atoms with Gasteiger partial charge in [0.1, 0.15) is 0 Å². The largest absolute Gasteiger partial charge is 0.309 e. The van der Waals surface area contributed by atoms with Gasteiger partial charge in [-0.25, -0.2) is 0 Å². The maximum atomic E-state index is 2.60. The first-order chi connectivity index (χ1) is 21.0. The van der Waals surface area contributed by atoms with Gasteiger partial charge < -0.3 is 4.57 Å². The Morgan fingerprint density at radius 1 is 0.698 bits per heavy atom. The first-order valence-electron chi connectivity index (χ1n) is 15.7. The summed E-state index contributed by atoms with van der Waals surface area (Å²) in [5.74, 6) is 0. The molecule has 3 aromatic heterocycles. The number of pyridine rings is 1. The van der Waals surface area contributed by atoms with Gasteiger partial charge in [0.05, 0.1) is 22.0 Å². The summed E-state index contributed by atoms with van der Waals surface area (Å²) in [6.45, 7) is 9.60. The SMILES string of the molecule is CCC1(C)c2ccc(-c3ccc4c(c3)c3cc5ccsc5cc3n4-c3ccccc3)cc2-c2cccc[n+]2C1(CC)CC. The number of hydrogen-bond donors (Lipinski definition) is 0. The summed E-state index contributed by atoms with van der Waals surface area (Å²) >= 11 is 1.81. The molecule has 1 atom stereocenters. The fourth-order valence-electron chi connectivity index (χ4n) is 8.37. The molecule has 0 N–H and O–H groups in total. The van der Waals surface area contributed by atoms with E-state index < -0.39 is 0 Å². The van der Waals surface area contributed by atoms with E-state index in [0.29, 0.717) is 0 Å². The van der Waals surface area contributed by atoms with Crippen molar-refractivity contribution < 1.29 is 4.57 Å². The average molecular weight is 578 g/mol. The number of hydrogen-bond acceptors (Lipinski definition) is 1. The number of nitrogens with zero attached hydrogens (tertiary/aromatic N) is 2. The summed E-state index contributed by atoms with van der Waals surface area (Å²) < 4.78 is 6.35. The molecule has 4 heterocycles. The van der Waals surface area contributed by atoms with Crippen LogP contribution in [0.2, 0.25) is 0 Å². The molecule has 1 unspecified atom stereocenters. The molecule has 0 amide bonds. The van der Waals surface area contributed by atoms with Crippen LogP contribution >= 0.6 is 11.3 Å². The van der Waals surface area contributed by atoms with Crippen LogP contribution < -0.4 is 4.57 Å². The third kappa shape index (κ3) is 3.55. The minimum Gasteiger partial charge on any atom is -0.309 e. The van der Waals surface area contributed by atoms with Gasteiger partial charge in [-0.3, -0.25) is 0 Å². The molecular formula is C40H37N2S+. The van der Waals surface area contributed by atoms with Gasteiger partial charge in [-0.2, -0.15) is 4.57 Å². The fraction of sp³-hybridized carbons (Fsp3) is 0.225. The van der Waals surface area contributed by atoms with E-state index in [1.807, 2.05) is 11.3 Å². The predicted octanol–water partition coefficient (Wildman–Crippen LogP) is 10.8. The van der Waals surface area contributed by atoms with Crippen LogP contribution in [0.5, 0.6) is 0 Å². The van der Waals surface area contributed by atoms with Gasteiger partial charge in [0.25, 0.3) is 0 Å². The second-order valence-electron chi connectivity index (χ2n) is 12.4. The summed E-state index contributed by atoms with van der Waals surface area (Å²) in [6, 6.07) is 38.8. The molecule has 0 bridgehead atoms. The molecule has 43 heavy (non-hydrogen) atoms. The third-order valence-corrected chi connectivity index (χ3v) is 11.7. The molecule has 0 saturated carbocycles. The molecule has 0 fully saturated rings. The second-order valence-corrected chi connectivity index (χ2v) is 13.3. The average Bonchev–Trinajstić information content (AvgIpc) is 3.65. The van der Waals surface area contributed by atoms with E-state index in [2.05, 4.69) is 152 Å². The molecular weight excluding hydrogens is 541 g/mol. The zero-order valence-corrected chi connectivity index (χ0v) is 26.2. The molecule has 8 rings (SSSR count). The van der Waals surface area contributed by atoms with E-state index in [9.17, 15) is 0 Å². The summed E-state index contributed by atoms with van der Waals surface area (Å²) in [4.78, 5) is 0. The lowest BCUT2D eigenvalue weighted by Gasteiger charge is -2.47. The van der Waals surface area contributed by atoms with Crippen LogP contribution in [0.4, 0.5) is 0 Å². The first-order valence-corrected chi connectivity index (χ1v) is 16.6. The lowest BCUT2D eigenvalue weighted by molar-refractivity contribution is -0.769. The highest BCUT2D eigenvalue weighted by Gasteiger charge is 2.58. The third-order valence-electron chi connectivity index (χ3n) is 10.8. The molecule has 3 heteroatoms. The van der Waals surface area contributed by atoms with Crippen molar-refractivity contribution in [2.45, 2.75) is 57.9 Å². The Balaban J connectivity index is 1.37. The number of benzene rings is 4. The van der Waals surface area contributed by atoms with Crippen LogP contribution in [0.15, 0.2) is 115 Å². The van der Waals surface area contributed by atoms with Crippen LogP contribution in [-0.2, 0) is 11.0 Å². The summed E-state index contributed by atoms with van der Waals surface area (Å²) in [7, 11) is 0. The maximum absolute atomic E-state index is 2.60. The van der Waals surface area contributed by atoms with Crippen LogP contribution in [0, 0.1) is 0 Å². The van der Waals surface area contributed by atoms with Crippen LogP contribution in [0.3, 0.4) is 0 Å². The molecule has 1 aliphatic rings. The van der Waals surface area contributed by atoms with E-state index in [-0.39, 0.29) is 11.0 Å². The Kier molecular flexibility index (Phi) is 5.93. The lowest BCUT2D eigenvalue weighted by Crippen LogP contribution is -2.68. The quantitative estimate of drug-likeness (QED) is 0.180. The minimum absolute atomic E-state index is 0.0440. The van der Waals surface area contributed by atoms with Crippen LogP contribution in [0.1, 0.15) is 52.5 Å². The van der Waals surface area contributed by atoms with E-state index >= 15 is 0 Å². The number of fused-ring (bicyclic) bond motifs is 7. The zero-order chi connectivity index (χ0) is 29.3. The molecule has 0 aliphatic carbocycles. The van der Waals surface area contributed by atoms with Crippen molar-refractivity contribution in [2.24, 2.45) is 0 Å². The summed E-state index contributed by atoms with van der Waals surface area (Å²) in [6.07, 6.45) is 5.64. The maximum Gasteiger partial charge on any atom is 0.213 e. The van der Waals surface area contributed by atoms with Crippen LogP contribution in [-0.4, -0.2) is 4.57 Å². The summed E-state index contributed by atoms with van der Waals surface area (Å²) in [5.41, 5.74) is 10.5. The van der Waals surface area contributed by atoms with Crippen molar-refractivity contribution in [3.8, 4) is 28.1 Å². The summed E-state index contributed by atoms with van der Waals surface area (Å²) in [5, 5.41) is 6.11. The standard InChI is InChI=1S/C40H37N2S/c1-5-39(4)34-18-16-27(24-33(34)35-15-11-12-21-41(35)40(39,6-2)7-3)28-17-19-36-31(23-28)32-25-29-20-22-43-38(29)26-37(32)42(36)30-13-9-8-10-14-30/h8-26H,5-7H2,1-4H3/q+1. The van der Waals surface area contributed by atoms with Gasteiger partial charge in [0.15, 0.2) is 11.7 Å². The Labute approximate surface area is 257 Å². The van der Waals surface area contributed by atoms with Gasteiger partial charge in [-0.05, 0) is 95.4 Å². The van der Waals surface area contributed by atoms with E-state index in [1.165, 1.54) is 65.5 Å². The van der Waals surface area contributed by atoms with Crippen molar-refractivity contribution in [1.82, 2.24) is 4.57 Å². The number of para-hydroxylation sites is 1. The Hall–Kier alpha value is -4.21. The molecule has 4 aromatic carbocycles. The van der Waals surface area contributed by atoms with E-state index in [4.69, 9.17) is 0 Å². The molecule has 7 aromatic rings. The topological polar surface area (TPSA) is 8.81 Å². The van der Waals surface area contributed by atoms with Gasteiger partial charge >= 0.3 is 0 Å². The fourth-order valence-corrected chi connectivity index (χ4v) is 9.17. The molecule has 0 spiro atoms. The Morgan fingerprint density at radius 2 is 1.44 bits per heavy atom. The van der Waals surface area contributed by atoms with E-state index in [1.54, 1.807) is 0 Å². The second kappa shape index (κ2) is 9.65. The normalized spacial score (nSPS) is 17.4. The molecule has 2 nitrogen and oxygen atoms in total. The monoisotopic (exact) mass is 577 g/mol. The zero-order valence-electron chi connectivity index (χ0n) is 25.4. The highest BCUT2D eigenvalue weighted by atomic mass is 32.1. The van der Waals surface area contributed by atoms with Crippen molar-refractivity contribution >= 4 is 43.2 Å². The number of thiophene rings is 1. The van der Waals surface area contributed by atoms with Gasteiger partial charge in [0, 0.05) is 46.1 Å². The Morgan fingerprint density at radius 3 is 2.23 bits per heavy atom. The molecule has 0 saturated heterocycles. The smallest absolute Gasteiger partial charge is 0.213 e. The Bertz CT molecular complexity index is 2160. The van der Waals surface area contributed by atoms with Crippen molar-refractivity contribution in [1.29, 1.82) is 0 Å². The first kappa shape index (κ1) is 26.4. The van der Waals surface area contributed by atoms with Gasteiger partial charge in [-0.1, -0.05) is 57.2 Å². The number of aromatic nitrogens is 2. The molecule has 212 valence electrons. The predicted molar refractivity (Wildman–Crippen MR) is 183 cm³/mol. The highest BCUT2D eigenvalue weighted by molar-refractivity contribution is 7.17. The van der Waals surface area contributed by atoms with E-state index in [0.717, 1.165) is 19.3 Å².